The monoisotopic (exact) mass is 253 g/mol. The summed E-state index contributed by atoms with van der Waals surface area (Å²) in [6.07, 6.45) is 4.04. The van der Waals surface area contributed by atoms with Gasteiger partial charge >= 0.3 is 0 Å². The van der Waals surface area contributed by atoms with E-state index in [0.717, 1.165) is 22.7 Å². The average Bonchev–Trinajstić information content (AvgIpc) is 2.70. The fraction of sp³-hybridized carbons (Fsp3) is 0.364. The predicted octanol–water partition coefficient (Wildman–Crippen LogP) is 3.30. The standard InChI is InChI=1S/C11H12ClN3S/c1-7(2)10-8(14-6-15-11(10)12)5-9-13-3-4-16-9/h3-4,6-7H,5H2,1-2H3. The lowest BCUT2D eigenvalue weighted by atomic mass is 10.0. The van der Waals surface area contributed by atoms with Crippen LogP contribution >= 0.6 is 22.9 Å². The first-order valence-corrected chi connectivity index (χ1v) is 6.32. The molecule has 0 aromatic carbocycles. The molecule has 0 radical (unpaired) electrons. The highest BCUT2D eigenvalue weighted by Crippen LogP contribution is 2.26. The lowest BCUT2D eigenvalue weighted by Crippen LogP contribution is -2.03. The summed E-state index contributed by atoms with van der Waals surface area (Å²) in [7, 11) is 0. The van der Waals surface area contributed by atoms with Crippen LogP contribution in [-0.4, -0.2) is 15.0 Å². The van der Waals surface area contributed by atoms with Crippen molar-refractivity contribution in [3.63, 3.8) is 0 Å². The van der Waals surface area contributed by atoms with Crippen molar-refractivity contribution in [1.29, 1.82) is 0 Å². The molecule has 0 aliphatic rings. The minimum Gasteiger partial charge on any atom is -0.249 e. The third kappa shape index (κ3) is 2.39. The van der Waals surface area contributed by atoms with Crippen LogP contribution in [0.3, 0.4) is 0 Å². The van der Waals surface area contributed by atoms with Crippen LogP contribution < -0.4 is 0 Å². The van der Waals surface area contributed by atoms with Crippen LogP contribution in [0.1, 0.15) is 36.0 Å². The fourth-order valence-corrected chi connectivity index (χ4v) is 2.59. The molecule has 0 saturated carbocycles. The molecular formula is C11H12ClN3S. The van der Waals surface area contributed by atoms with E-state index in [4.69, 9.17) is 11.6 Å². The molecule has 0 spiro atoms. The Labute approximate surface area is 104 Å². The van der Waals surface area contributed by atoms with E-state index in [-0.39, 0.29) is 0 Å². The van der Waals surface area contributed by atoms with Gasteiger partial charge in [0, 0.05) is 23.6 Å². The van der Waals surface area contributed by atoms with E-state index in [2.05, 4.69) is 28.8 Å². The predicted molar refractivity (Wildman–Crippen MR) is 66.1 cm³/mol. The van der Waals surface area contributed by atoms with Gasteiger partial charge in [-0.3, -0.25) is 0 Å². The Morgan fingerprint density at radius 3 is 2.75 bits per heavy atom. The van der Waals surface area contributed by atoms with Crippen molar-refractivity contribution in [3.8, 4) is 0 Å². The molecule has 2 heterocycles. The van der Waals surface area contributed by atoms with Gasteiger partial charge in [0.05, 0.1) is 10.7 Å². The number of hydrogen-bond donors (Lipinski definition) is 0. The highest BCUT2D eigenvalue weighted by Gasteiger charge is 2.14. The molecule has 0 unspecified atom stereocenters. The summed E-state index contributed by atoms with van der Waals surface area (Å²) in [4.78, 5) is 12.6. The highest BCUT2D eigenvalue weighted by molar-refractivity contribution is 7.09. The van der Waals surface area contributed by atoms with E-state index in [1.54, 1.807) is 17.5 Å². The minimum atomic E-state index is 0.323. The molecule has 2 rings (SSSR count). The SMILES string of the molecule is CC(C)c1c(Cl)ncnc1Cc1nccs1. The zero-order valence-corrected chi connectivity index (χ0v) is 10.7. The maximum Gasteiger partial charge on any atom is 0.136 e. The normalized spacial score (nSPS) is 11.0. The maximum atomic E-state index is 6.10. The zero-order chi connectivity index (χ0) is 11.5. The van der Waals surface area contributed by atoms with E-state index in [1.165, 1.54) is 6.33 Å². The van der Waals surface area contributed by atoms with Crippen LogP contribution in [0, 0.1) is 0 Å². The molecule has 0 amide bonds. The van der Waals surface area contributed by atoms with Gasteiger partial charge in [-0.1, -0.05) is 25.4 Å². The maximum absolute atomic E-state index is 6.10. The Morgan fingerprint density at radius 1 is 1.31 bits per heavy atom. The second-order valence-electron chi connectivity index (χ2n) is 3.78. The number of thiazole rings is 1. The summed E-state index contributed by atoms with van der Waals surface area (Å²) in [5.41, 5.74) is 2.00. The summed E-state index contributed by atoms with van der Waals surface area (Å²) in [5, 5.41) is 3.57. The molecule has 2 aromatic rings. The van der Waals surface area contributed by atoms with Gasteiger partial charge in [-0.25, -0.2) is 15.0 Å². The van der Waals surface area contributed by atoms with Gasteiger partial charge in [0.1, 0.15) is 11.5 Å². The van der Waals surface area contributed by atoms with E-state index in [0.29, 0.717) is 11.1 Å². The first-order valence-electron chi connectivity index (χ1n) is 5.06. The Bertz CT molecular complexity index is 468. The summed E-state index contributed by atoms with van der Waals surface area (Å²) in [6, 6.07) is 0. The molecule has 0 N–H and O–H groups in total. The third-order valence-corrected chi connectivity index (χ3v) is 3.38. The smallest absolute Gasteiger partial charge is 0.136 e. The van der Waals surface area contributed by atoms with E-state index in [9.17, 15) is 0 Å². The number of aromatic nitrogens is 3. The Morgan fingerprint density at radius 2 is 2.12 bits per heavy atom. The van der Waals surface area contributed by atoms with Gasteiger partial charge in [0.2, 0.25) is 0 Å². The molecular weight excluding hydrogens is 242 g/mol. The largest absolute Gasteiger partial charge is 0.249 e. The van der Waals surface area contributed by atoms with E-state index in [1.807, 2.05) is 5.38 Å². The van der Waals surface area contributed by atoms with E-state index < -0.39 is 0 Å². The molecule has 16 heavy (non-hydrogen) atoms. The second-order valence-corrected chi connectivity index (χ2v) is 5.12. The van der Waals surface area contributed by atoms with Gasteiger partial charge in [-0.2, -0.15) is 0 Å². The first-order chi connectivity index (χ1) is 7.68. The molecule has 5 heteroatoms. The van der Waals surface area contributed by atoms with Gasteiger partial charge in [-0.05, 0) is 5.92 Å². The molecule has 3 nitrogen and oxygen atoms in total. The molecule has 2 aromatic heterocycles. The molecule has 0 bridgehead atoms. The van der Waals surface area contributed by atoms with Crippen molar-refractivity contribution in [2.75, 3.05) is 0 Å². The summed E-state index contributed by atoms with van der Waals surface area (Å²) in [6.45, 7) is 4.19. The second kappa shape index (κ2) is 4.89. The van der Waals surface area contributed by atoms with Crippen LogP contribution in [0.25, 0.3) is 0 Å². The van der Waals surface area contributed by atoms with Crippen molar-refractivity contribution in [3.05, 3.63) is 39.3 Å². The Kier molecular flexibility index (Phi) is 3.51. The summed E-state index contributed by atoms with van der Waals surface area (Å²) >= 11 is 7.73. The lowest BCUT2D eigenvalue weighted by Gasteiger charge is -2.11. The van der Waals surface area contributed by atoms with Crippen molar-refractivity contribution in [1.82, 2.24) is 15.0 Å². The Balaban J connectivity index is 2.37. The number of hydrogen-bond acceptors (Lipinski definition) is 4. The van der Waals surface area contributed by atoms with Gasteiger partial charge in [-0.15, -0.1) is 11.3 Å². The molecule has 0 aliphatic carbocycles. The fourth-order valence-electron chi connectivity index (χ4n) is 1.60. The van der Waals surface area contributed by atoms with Crippen LogP contribution in [0.4, 0.5) is 0 Å². The quantitative estimate of drug-likeness (QED) is 0.788. The lowest BCUT2D eigenvalue weighted by molar-refractivity contribution is 0.815. The third-order valence-electron chi connectivity index (χ3n) is 2.30. The molecule has 84 valence electrons. The first kappa shape index (κ1) is 11.5. The van der Waals surface area contributed by atoms with Crippen LogP contribution in [-0.2, 0) is 6.42 Å². The van der Waals surface area contributed by atoms with Crippen LogP contribution in [0.5, 0.6) is 0 Å². The molecule has 0 atom stereocenters. The average molecular weight is 254 g/mol. The molecule has 0 saturated heterocycles. The summed E-state index contributed by atoms with van der Waals surface area (Å²) in [5.74, 6) is 0.323. The molecule has 0 fully saturated rings. The Hall–Kier alpha value is -1.000. The van der Waals surface area contributed by atoms with E-state index >= 15 is 0 Å². The van der Waals surface area contributed by atoms with Crippen molar-refractivity contribution in [2.45, 2.75) is 26.2 Å². The minimum absolute atomic E-state index is 0.323. The topological polar surface area (TPSA) is 38.7 Å². The van der Waals surface area contributed by atoms with Crippen molar-refractivity contribution >= 4 is 22.9 Å². The number of halogens is 1. The highest BCUT2D eigenvalue weighted by atomic mass is 35.5. The van der Waals surface area contributed by atoms with Crippen LogP contribution in [0.15, 0.2) is 17.9 Å². The molecule has 0 aliphatic heterocycles. The number of rotatable bonds is 3. The summed E-state index contributed by atoms with van der Waals surface area (Å²) < 4.78 is 0. The van der Waals surface area contributed by atoms with Crippen molar-refractivity contribution in [2.24, 2.45) is 0 Å². The van der Waals surface area contributed by atoms with Gasteiger partial charge in [0.25, 0.3) is 0 Å². The number of nitrogens with zero attached hydrogens (tertiary/aromatic N) is 3. The van der Waals surface area contributed by atoms with Gasteiger partial charge < -0.3 is 0 Å². The van der Waals surface area contributed by atoms with Gasteiger partial charge in [0.15, 0.2) is 0 Å². The van der Waals surface area contributed by atoms with Crippen LogP contribution in [0.2, 0.25) is 5.15 Å². The van der Waals surface area contributed by atoms with Crippen molar-refractivity contribution < 1.29 is 0 Å². The zero-order valence-electron chi connectivity index (χ0n) is 9.14.